The Morgan fingerprint density at radius 3 is 2.84 bits per heavy atom. The van der Waals surface area contributed by atoms with Gasteiger partial charge in [-0.1, -0.05) is 29.8 Å². The smallest absolute Gasteiger partial charge is 0.225 e. The van der Waals surface area contributed by atoms with Crippen LogP contribution in [-0.2, 0) is 4.79 Å². The highest BCUT2D eigenvalue weighted by Gasteiger charge is 2.47. The summed E-state index contributed by atoms with van der Waals surface area (Å²) in [6.45, 7) is 5.03. The molecule has 2 saturated heterocycles. The topological polar surface area (TPSA) is 70.7 Å². The first-order valence-corrected chi connectivity index (χ1v) is 11.0. The number of ether oxygens (including phenoxy) is 1. The van der Waals surface area contributed by atoms with Crippen LogP contribution in [0.5, 0.6) is 5.75 Å². The molecule has 0 bridgehead atoms. The molecule has 3 atom stereocenters. The molecule has 2 aliphatic rings. The molecule has 2 aromatic carbocycles. The number of anilines is 1. The summed E-state index contributed by atoms with van der Waals surface area (Å²) in [7, 11) is 1.60. The van der Waals surface area contributed by atoms with Crippen molar-refractivity contribution < 1.29 is 14.3 Å². The van der Waals surface area contributed by atoms with Crippen molar-refractivity contribution >= 4 is 29.0 Å². The summed E-state index contributed by atoms with van der Waals surface area (Å²) in [5, 5.41) is 6.95. The lowest BCUT2D eigenvalue weighted by molar-refractivity contribution is -0.116. The average molecular weight is 442 g/mol. The number of amides is 1. The summed E-state index contributed by atoms with van der Waals surface area (Å²) >= 11 is 6.15. The van der Waals surface area contributed by atoms with Crippen molar-refractivity contribution in [2.45, 2.75) is 19.4 Å². The third kappa shape index (κ3) is 4.76. The fourth-order valence-corrected chi connectivity index (χ4v) is 4.87. The Kier molecular flexibility index (Phi) is 6.60. The van der Waals surface area contributed by atoms with Crippen LogP contribution in [0.15, 0.2) is 42.5 Å². The third-order valence-electron chi connectivity index (χ3n) is 6.36. The molecule has 6 nitrogen and oxygen atoms in total. The summed E-state index contributed by atoms with van der Waals surface area (Å²) in [5.74, 6) is 1.38. The van der Waals surface area contributed by atoms with E-state index >= 15 is 0 Å². The molecule has 0 saturated carbocycles. The first kappa shape index (κ1) is 21.8. The number of carbonyl (C=O) groups is 2. The van der Waals surface area contributed by atoms with Gasteiger partial charge in [0.25, 0.3) is 0 Å². The number of methoxy groups -OCH3 is 1. The van der Waals surface area contributed by atoms with Gasteiger partial charge in [-0.2, -0.15) is 0 Å². The van der Waals surface area contributed by atoms with E-state index in [-0.39, 0.29) is 23.7 Å². The van der Waals surface area contributed by atoms with Crippen molar-refractivity contribution in [1.82, 2.24) is 10.2 Å². The number of likely N-dealkylation sites (tertiary alicyclic amines) is 1. The number of ketones is 1. The molecule has 2 unspecified atom stereocenters. The largest absolute Gasteiger partial charge is 0.497 e. The normalized spacial score (nSPS) is 22.9. The minimum atomic E-state index is -0.228. The summed E-state index contributed by atoms with van der Waals surface area (Å²) in [5.41, 5.74) is 2.31. The van der Waals surface area contributed by atoms with Gasteiger partial charge >= 0.3 is 0 Å². The Bertz CT molecular complexity index is 980. The minimum Gasteiger partial charge on any atom is -0.497 e. The predicted octanol–water partition coefficient (Wildman–Crippen LogP) is 3.39. The third-order valence-corrected chi connectivity index (χ3v) is 6.77. The molecule has 164 valence electrons. The zero-order valence-electron chi connectivity index (χ0n) is 17.9. The summed E-state index contributed by atoms with van der Waals surface area (Å²) in [4.78, 5) is 28.2. The standard InChI is InChI=1S/C24H28ClN3O3/c1-15-6-7-18(11-21(15)25)27-22(29)8-9-28-14-17-12-26-13-20(17)23(28)24(30)16-4-3-5-19(10-16)31-2/h3-7,10-11,17,20,23,26H,8-9,12-14H2,1-2H3,(H,27,29)/t17?,20?,23-/m0/s1. The molecule has 2 aliphatic heterocycles. The van der Waals surface area contributed by atoms with Gasteiger partial charge in [-0.3, -0.25) is 14.5 Å². The monoisotopic (exact) mass is 441 g/mol. The van der Waals surface area contributed by atoms with E-state index in [4.69, 9.17) is 16.3 Å². The van der Waals surface area contributed by atoms with Crippen LogP contribution in [0.1, 0.15) is 22.3 Å². The summed E-state index contributed by atoms with van der Waals surface area (Å²) in [6.07, 6.45) is 0.320. The lowest BCUT2D eigenvalue weighted by Crippen LogP contribution is -2.42. The zero-order chi connectivity index (χ0) is 22.0. The maximum absolute atomic E-state index is 13.4. The van der Waals surface area contributed by atoms with Crippen LogP contribution in [0.4, 0.5) is 5.69 Å². The Labute approximate surface area is 187 Å². The second kappa shape index (κ2) is 9.39. The zero-order valence-corrected chi connectivity index (χ0v) is 18.6. The molecule has 0 radical (unpaired) electrons. The predicted molar refractivity (Wildman–Crippen MR) is 122 cm³/mol. The van der Waals surface area contributed by atoms with Gasteiger partial charge in [-0.25, -0.2) is 0 Å². The van der Waals surface area contributed by atoms with Crippen LogP contribution >= 0.6 is 11.6 Å². The highest BCUT2D eigenvalue weighted by atomic mass is 35.5. The molecule has 31 heavy (non-hydrogen) atoms. The maximum Gasteiger partial charge on any atom is 0.225 e. The van der Waals surface area contributed by atoms with Crippen LogP contribution in [-0.4, -0.2) is 55.9 Å². The number of hydrogen-bond donors (Lipinski definition) is 2. The van der Waals surface area contributed by atoms with E-state index < -0.39 is 0 Å². The first-order valence-electron chi connectivity index (χ1n) is 10.7. The molecule has 2 N–H and O–H groups in total. The van der Waals surface area contributed by atoms with Gasteiger partial charge in [0.2, 0.25) is 5.91 Å². The lowest BCUT2D eigenvalue weighted by Gasteiger charge is -2.26. The molecular formula is C24H28ClN3O3. The number of rotatable bonds is 7. The van der Waals surface area contributed by atoms with Gasteiger partial charge in [0.1, 0.15) is 5.75 Å². The van der Waals surface area contributed by atoms with Crippen molar-refractivity contribution in [3.05, 3.63) is 58.6 Å². The first-order chi connectivity index (χ1) is 15.0. The van der Waals surface area contributed by atoms with Crippen LogP contribution in [0.3, 0.4) is 0 Å². The highest BCUT2D eigenvalue weighted by molar-refractivity contribution is 6.31. The Balaban J connectivity index is 1.44. The van der Waals surface area contributed by atoms with Gasteiger partial charge in [0.15, 0.2) is 5.78 Å². The van der Waals surface area contributed by atoms with E-state index in [0.717, 1.165) is 25.2 Å². The number of nitrogens with zero attached hydrogens (tertiary/aromatic N) is 1. The van der Waals surface area contributed by atoms with Crippen LogP contribution in [0.25, 0.3) is 0 Å². The molecule has 7 heteroatoms. The van der Waals surface area contributed by atoms with Crippen molar-refractivity contribution in [2.75, 3.05) is 38.6 Å². The summed E-state index contributed by atoms with van der Waals surface area (Å²) < 4.78 is 5.29. The van der Waals surface area contributed by atoms with Crippen molar-refractivity contribution in [1.29, 1.82) is 0 Å². The second-order valence-corrected chi connectivity index (χ2v) is 8.79. The van der Waals surface area contributed by atoms with Gasteiger partial charge in [0, 0.05) is 42.3 Å². The number of halogens is 1. The molecule has 4 rings (SSSR count). The van der Waals surface area contributed by atoms with E-state index in [1.807, 2.05) is 37.3 Å². The fourth-order valence-electron chi connectivity index (χ4n) is 4.69. The van der Waals surface area contributed by atoms with E-state index in [0.29, 0.717) is 40.9 Å². The van der Waals surface area contributed by atoms with E-state index in [1.165, 1.54) is 0 Å². The van der Waals surface area contributed by atoms with Gasteiger partial charge in [-0.15, -0.1) is 0 Å². The van der Waals surface area contributed by atoms with Crippen molar-refractivity contribution in [3.63, 3.8) is 0 Å². The number of nitrogens with one attached hydrogen (secondary N) is 2. The van der Waals surface area contributed by atoms with Crippen LogP contribution < -0.4 is 15.4 Å². The highest BCUT2D eigenvalue weighted by Crippen LogP contribution is 2.35. The molecule has 2 heterocycles. The van der Waals surface area contributed by atoms with E-state index in [2.05, 4.69) is 15.5 Å². The molecule has 0 aliphatic carbocycles. The second-order valence-electron chi connectivity index (χ2n) is 8.38. The number of Topliss-reactive ketones (excluding diaryl/α,β-unsaturated/α-hetero) is 1. The average Bonchev–Trinajstić information content (AvgIpc) is 3.35. The molecule has 2 fully saturated rings. The Morgan fingerprint density at radius 1 is 1.23 bits per heavy atom. The number of benzene rings is 2. The minimum absolute atomic E-state index is 0.0808. The number of hydrogen-bond acceptors (Lipinski definition) is 5. The van der Waals surface area contributed by atoms with Crippen molar-refractivity contribution in [2.24, 2.45) is 11.8 Å². The number of aryl methyl sites for hydroxylation is 1. The van der Waals surface area contributed by atoms with E-state index in [9.17, 15) is 9.59 Å². The molecular weight excluding hydrogens is 414 g/mol. The number of fused-ring (bicyclic) bond motifs is 1. The maximum atomic E-state index is 13.4. The van der Waals surface area contributed by atoms with Gasteiger partial charge in [0.05, 0.1) is 13.2 Å². The quantitative estimate of drug-likeness (QED) is 0.644. The Morgan fingerprint density at radius 2 is 2.06 bits per heavy atom. The molecule has 2 aromatic rings. The number of carbonyl (C=O) groups excluding carboxylic acids is 2. The molecule has 0 spiro atoms. The van der Waals surface area contributed by atoms with Gasteiger partial charge < -0.3 is 15.4 Å². The van der Waals surface area contributed by atoms with Crippen LogP contribution in [0.2, 0.25) is 5.02 Å². The lowest BCUT2D eigenvalue weighted by atomic mass is 9.89. The molecule has 1 amide bonds. The molecule has 0 aromatic heterocycles. The SMILES string of the molecule is COc1cccc(C(=O)[C@@H]2C3CNCC3CN2CCC(=O)Nc2ccc(C)c(Cl)c2)c1. The fraction of sp³-hybridized carbons (Fsp3) is 0.417. The van der Waals surface area contributed by atoms with Crippen molar-refractivity contribution in [3.8, 4) is 5.75 Å². The van der Waals surface area contributed by atoms with E-state index in [1.54, 1.807) is 19.2 Å². The van der Waals surface area contributed by atoms with Gasteiger partial charge in [-0.05, 0) is 55.1 Å². The Hall–Kier alpha value is -2.41. The summed E-state index contributed by atoms with van der Waals surface area (Å²) in [6, 6.07) is 12.6. The van der Waals surface area contributed by atoms with Crippen LogP contribution in [0, 0.1) is 18.8 Å².